The number of nitrogens with zero attached hydrogens (tertiary/aromatic N) is 3. The maximum Gasteiger partial charge on any atom is 0.263 e. The maximum atomic E-state index is 12.7. The van der Waals surface area contributed by atoms with Crippen LogP contribution in [0.25, 0.3) is 32.2 Å². The Bertz CT molecular complexity index is 1420. The molecule has 0 spiro atoms. The number of ether oxygens (including phenoxy) is 1. The Hall–Kier alpha value is -2.78. The summed E-state index contributed by atoms with van der Waals surface area (Å²) < 4.78 is 6.56. The summed E-state index contributed by atoms with van der Waals surface area (Å²) in [4.78, 5) is 25.2. The summed E-state index contributed by atoms with van der Waals surface area (Å²) >= 11 is 7.81. The van der Waals surface area contributed by atoms with Crippen molar-refractivity contribution in [2.24, 2.45) is 0 Å². The smallest absolute Gasteiger partial charge is 0.263 e. The normalized spacial score (nSPS) is 19.0. The first-order chi connectivity index (χ1) is 16.6. The third kappa shape index (κ3) is 3.90. The lowest BCUT2D eigenvalue weighted by Gasteiger charge is -2.27. The highest BCUT2D eigenvalue weighted by atomic mass is 35.5. The highest BCUT2D eigenvalue weighted by molar-refractivity contribution is 7.21. The minimum atomic E-state index is -0.0226. The van der Waals surface area contributed by atoms with Crippen molar-refractivity contribution >= 4 is 55.5 Å². The minimum absolute atomic E-state index is 0.0226. The third-order valence-corrected chi connectivity index (χ3v) is 7.78. The quantitative estimate of drug-likeness (QED) is 0.408. The van der Waals surface area contributed by atoms with E-state index in [-0.39, 0.29) is 11.9 Å². The molecule has 2 aliphatic heterocycles. The van der Waals surface area contributed by atoms with Crippen molar-refractivity contribution in [1.82, 2.24) is 20.2 Å². The molecule has 4 aromatic rings. The Morgan fingerprint density at radius 1 is 1.24 bits per heavy atom. The van der Waals surface area contributed by atoms with Gasteiger partial charge in [0, 0.05) is 59.5 Å². The lowest BCUT2D eigenvalue weighted by molar-refractivity contribution is 0.0342. The van der Waals surface area contributed by atoms with E-state index in [1.807, 2.05) is 31.3 Å². The number of rotatable bonds is 3. The predicted molar refractivity (Wildman–Crippen MR) is 137 cm³/mol. The highest BCUT2D eigenvalue weighted by Crippen LogP contribution is 2.41. The molecular formula is C25H24ClN5O2S. The number of benzene rings is 1. The molecule has 9 heteroatoms. The maximum absolute atomic E-state index is 12.7. The van der Waals surface area contributed by atoms with Gasteiger partial charge in [-0.25, -0.2) is 9.97 Å². The van der Waals surface area contributed by atoms with E-state index in [0.29, 0.717) is 11.7 Å². The number of hydrogen-bond acceptors (Lipinski definition) is 7. The zero-order valence-electron chi connectivity index (χ0n) is 18.7. The van der Waals surface area contributed by atoms with E-state index in [1.54, 1.807) is 0 Å². The lowest BCUT2D eigenvalue weighted by Crippen LogP contribution is -2.35. The summed E-state index contributed by atoms with van der Waals surface area (Å²) in [5.41, 5.74) is 4.73. The van der Waals surface area contributed by atoms with Crippen LogP contribution < -0.4 is 10.6 Å². The van der Waals surface area contributed by atoms with Gasteiger partial charge in [0.15, 0.2) is 0 Å². The fraction of sp³-hybridized carbons (Fsp3) is 0.320. The molecule has 1 fully saturated rings. The first-order valence-corrected chi connectivity index (χ1v) is 12.6. The largest absolute Gasteiger partial charge is 0.381 e. The zero-order valence-corrected chi connectivity index (χ0v) is 20.3. The summed E-state index contributed by atoms with van der Waals surface area (Å²) in [6, 6.07) is 10.2. The van der Waals surface area contributed by atoms with E-state index < -0.39 is 0 Å². The molecule has 1 atom stereocenters. The molecule has 1 saturated heterocycles. The van der Waals surface area contributed by atoms with Crippen molar-refractivity contribution in [3.8, 4) is 11.3 Å². The number of nitrogens with one attached hydrogen (secondary N) is 2. The zero-order chi connectivity index (χ0) is 23.2. The Kier molecular flexibility index (Phi) is 5.61. The molecule has 3 aromatic heterocycles. The van der Waals surface area contributed by atoms with Gasteiger partial charge in [0.2, 0.25) is 0 Å². The number of carbonyl (C=O) groups excluding carboxylic acids is 1. The fourth-order valence-electron chi connectivity index (χ4n) is 4.70. The van der Waals surface area contributed by atoms with Gasteiger partial charge in [-0.2, -0.15) is 0 Å². The number of pyridine rings is 2. The van der Waals surface area contributed by atoms with Crippen molar-refractivity contribution in [2.45, 2.75) is 19.5 Å². The number of carbonyl (C=O) groups is 1. The van der Waals surface area contributed by atoms with E-state index in [4.69, 9.17) is 21.3 Å². The molecule has 174 valence electrons. The van der Waals surface area contributed by atoms with Gasteiger partial charge in [0.1, 0.15) is 10.0 Å². The van der Waals surface area contributed by atoms with Crippen molar-refractivity contribution in [3.05, 3.63) is 52.1 Å². The molecule has 34 heavy (non-hydrogen) atoms. The van der Waals surface area contributed by atoms with Crippen LogP contribution >= 0.6 is 22.9 Å². The molecule has 0 aliphatic carbocycles. The molecule has 5 heterocycles. The number of aromatic nitrogens is 2. The highest BCUT2D eigenvalue weighted by Gasteiger charge is 2.25. The molecule has 0 saturated carbocycles. The second kappa shape index (κ2) is 8.78. The van der Waals surface area contributed by atoms with E-state index >= 15 is 0 Å². The van der Waals surface area contributed by atoms with Crippen LogP contribution in [-0.4, -0.2) is 59.7 Å². The van der Waals surface area contributed by atoms with Crippen LogP contribution in [0.1, 0.15) is 22.2 Å². The van der Waals surface area contributed by atoms with Gasteiger partial charge in [0.25, 0.3) is 5.91 Å². The number of halogens is 1. The van der Waals surface area contributed by atoms with Crippen molar-refractivity contribution in [1.29, 1.82) is 0 Å². The SMILES string of the molecule is C[C@@H]1CNc2c(sc3ccc4nc(-c5cc(Cl)ncc5CN5CCOCC5)ccc4c23)C(=O)N1. The molecule has 0 unspecified atom stereocenters. The molecule has 0 bridgehead atoms. The summed E-state index contributed by atoms with van der Waals surface area (Å²) in [6.07, 6.45) is 1.85. The van der Waals surface area contributed by atoms with Gasteiger partial charge in [-0.05, 0) is 42.8 Å². The van der Waals surface area contributed by atoms with E-state index in [1.165, 1.54) is 11.3 Å². The van der Waals surface area contributed by atoms with E-state index in [2.05, 4.69) is 32.7 Å². The molecule has 6 rings (SSSR count). The van der Waals surface area contributed by atoms with Gasteiger partial charge in [-0.3, -0.25) is 9.69 Å². The molecule has 1 amide bonds. The summed E-state index contributed by atoms with van der Waals surface area (Å²) in [6.45, 7) is 6.75. The van der Waals surface area contributed by atoms with Crippen LogP contribution in [0.15, 0.2) is 36.5 Å². The second-order valence-electron chi connectivity index (χ2n) is 8.82. The third-order valence-electron chi connectivity index (χ3n) is 6.42. The van der Waals surface area contributed by atoms with Crippen LogP contribution in [-0.2, 0) is 11.3 Å². The molecule has 7 nitrogen and oxygen atoms in total. The Labute approximate surface area is 206 Å². The Morgan fingerprint density at radius 2 is 2.09 bits per heavy atom. The number of fused-ring (bicyclic) bond motifs is 5. The van der Waals surface area contributed by atoms with Gasteiger partial charge < -0.3 is 15.4 Å². The number of amides is 1. The van der Waals surface area contributed by atoms with Crippen molar-refractivity contribution in [2.75, 3.05) is 38.2 Å². The number of morpholine rings is 1. The molecule has 1 aromatic carbocycles. The Balaban J connectivity index is 1.45. The molecule has 2 aliphatic rings. The van der Waals surface area contributed by atoms with Crippen molar-refractivity contribution < 1.29 is 9.53 Å². The second-order valence-corrected chi connectivity index (χ2v) is 10.3. The molecule has 0 radical (unpaired) electrons. The standard InChI is InChI=1S/C25H24ClN5O2S/c1-14-11-28-23-22-16-2-3-19(30-18(16)4-5-20(22)34-24(23)25(32)29-14)17-10-21(26)27-12-15(17)13-31-6-8-33-9-7-31/h2-5,10,12,14,28H,6-9,11,13H2,1H3,(H,29,32)/t14-/m1/s1. The van der Waals surface area contributed by atoms with Gasteiger partial charge in [-0.1, -0.05) is 11.6 Å². The minimum Gasteiger partial charge on any atom is -0.381 e. The van der Waals surface area contributed by atoms with Crippen LogP contribution in [0.4, 0.5) is 5.69 Å². The summed E-state index contributed by atoms with van der Waals surface area (Å²) in [7, 11) is 0. The van der Waals surface area contributed by atoms with Crippen LogP contribution in [0.2, 0.25) is 5.15 Å². The average molecular weight is 494 g/mol. The lowest BCUT2D eigenvalue weighted by atomic mass is 10.0. The van der Waals surface area contributed by atoms with Gasteiger partial charge >= 0.3 is 0 Å². The first kappa shape index (κ1) is 21.7. The van der Waals surface area contributed by atoms with Crippen LogP contribution in [0.5, 0.6) is 0 Å². The van der Waals surface area contributed by atoms with Gasteiger partial charge in [0.05, 0.1) is 30.1 Å². The van der Waals surface area contributed by atoms with Gasteiger partial charge in [-0.15, -0.1) is 11.3 Å². The molecule has 2 N–H and O–H groups in total. The predicted octanol–water partition coefficient (Wildman–Crippen LogP) is 4.54. The van der Waals surface area contributed by atoms with Crippen LogP contribution in [0.3, 0.4) is 0 Å². The van der Waals surface area contributed by atoms with Crippen molar-refractivity contribution in [3.63, 3.8) is 0 Å². The van der Waals surface area contributed by atoms with Crippen LogP contribution in [0, 0.1) is 0 Å². The average Bonchev–Trinajstić information content (AvgIpc) is 3.17. The molecular weight excluding hydrogens is 470 g/mol. The fourth-order valence-corrected chi connectivity index (χ4v) is 5.95. The first-order valence-electron chi connectivity index (χ1n) is 11.4. The van der Waals surface area contributed by atoms with E-state index in [0.717, 1.165) is 81.2 Å². The number of hydrogen-bond donors (Lipinski definition) is 2. The van der Waals surface area contributed by atoms with E-state index in [9.17, 15) is 4.79 Å². The summed E-state index contributed by atoms with van der Waals surface area (Å²) in [5.74, 6) is -0.0226. The monoisotopic (exact) mass is 493 g/mol. The Morgan fingerprint density at radius 3 is 2.94 bits per heavy atom. The number of thiophene rings is 1. The summed E-state index contributed by atoms with van der Waals surface area (Å²) in [5, 5.41) is 9.07. The topological polar surface area (TPSA) is 79.4 Å². The number of anilines is 1.